The second-order valence-corrected chi connectivity index (χ2v) is 15.3. The van der Waals surface area contributed by atoms with E-state index in [0.717, 1.165) is 61.6 Å². The summed E-state index contributed by atoms with van der Waals surface area (Å²) < 4.78 is 6.60. The van der Waals surface area contributed by atoms with Crippen LogP contribution in [0.2, 0.25) is 0 Å². The third-order valence-corrected chi connectivity index (χ3v) is 11.7. The van der Waals surface area contributed by atoms with E-state index in [-0.39, 0.29) is 0 Å². The molecular formula is C58H39NO. The van der Waals surface area contributed by atoms with Crippen molar-refractivity contribution in [3.05, 3.63) is 237 Å². The molecule has 0 saturated heterocycles. The number of benzene rings is 10. The molecule has 0 amide bonds. The molecule has 0 spiro atoms. The third-order valence-electron chi connectivity index (χ3n) is 11.7. The molecule has 1 heterocycles. The van der Waals surface area contributed by atoms with Crippen LogP contribution in [0.4, 0.5) is 17.1 Å². The first kappa shape index (κ1) is 35.2. The van der Waals surface area contributed by atoms with Crippen LogP contribution in [0.3, 0.4) is 0 Å². The van der Waals surface area contributed by atoms with Crippen molar-refractivity contribution in [3.63, 3.8) is 0 Å². The minimum absolute atomic E-state index is 0.880. The van der Waals surface area contributed by atoms with Crippen molar-refractivity contribution in [2.75, 3.05) is 4.90 Å². The summed E-state index contributed by atoms with van der Waals surface area (Å²) >= 11 is 0. The summed E-state index contributed by atoms with van der Waals surface area (Å²) in [5.41, 5.74) is 14.6. The van der Waals surface area contributed by atoms with Gasteiger partial charge < -0.3 is 9.32 Å². The minimum atomic E-state index is 0.880. The summed E-state index contributed by atoms with van der Waals surface area (Å²) in [6.45, 7) is 0. The summed E-state index contributed by atoms with van der Waals surface area (Å²) in [6.07, 6.45) is 0. The van der Waals surface area contributed by atoms with Gasteiger partial charge in [0.15, 0.2) is 0 Å². The third kappa shape index (κ3) is 6.32. The predicted octanol–water partition coefficient (Wildman–Crippen LogP) is 16.5. The summed E-state index contributed by atoms with van der Waals surface area (Å²) in [5.74, 6) is 0.880. The maximum absolute atomic E-state index is 6.60. The largest absolute Gasteiger partial charge is 0.455 e. The Kier molecular flexibility index (Phi) is 8.87. The van der Waals surface area contributed by atoms with E-state index in [2.05, 4.69) is 235 Å². The standard InChI is InChI=1S/C58H39NO/c1-3-16-41(17-4-1)49-23-9-10-24-50(49)42-32-36-48(37-33-42)59(55-39-45-20-7-8-25-51(45)52-26-11-12-27-53(52)55)47-34-30-40(31-35-47)44-21-15-22-46(38-44)58-57(43-18-5-2-6-19-43)54-28-13-14-29-56(54)60-58/h1-39H. The number of anilines is 3. The Morgan fingerprint density at radius 1 is 0.300 bits per heavy atom. The van der Waals surface area contributed by atoms with Crippen molar-refractivity contribution in [1.82, 2.24) is 0 Å². The molecule has 11 rings (SSSR count). The number of furan rings is 1. The monoisotopic (exact) mass is 765 g/mol. The van der Waals surface area contributed by atoms with Crippen LogP contribution in [0.25, 0.3) is 88.3 Å². The van der Waals surface area contributed by atoms with Crippen LogP contribution in [0.5, 0.6) is 0 Å². The zero-order chi connectivity index (χ0) is 39.8. The molecule has 0 bridgehead atoms. The first-order valence-corrected chi connectivity index (χ1v) is 20.5. The Hall–Kier alpha value is -7.94. The molecule has 0 fully saturated rings. The highest BCUT2D eigenvalue weighted by molar-refractivity contribution is 6.14. The number of fused-ring (bicyclic) bond motifs is 4. The molecule has 0 N–H and O–H groups in total. The van der Waals surface area contributed by atoms with Gasteiger partial charge in [0.05, 0.1) is 5.69 Å². The molecule has 0 aliphatic heterocycles. The summed E-state index contributed by atoms with van der Waals surface area (Å²) in [7, 11) is 0. The number of nitrogens with zero attached hydrogens (tertiary/aromatic N) is 1. The van der Waals surface area contributed by atoms with E-state index in [1.807, 2.05) is 6.07 Å². The van der Waals surface area contributed by atoms with Crippen molar-refractivity contribution in [1.29, 1.82) is 0 Å². The zero-order valence-electron chi connectivity index (χ0n) is 32.9. The molecule has 0 aliphatic rings. The highest BCUT2D eigenvalue weighted by atomic mass is 16.3. The number of rotatable bonds is 8. The Labute approximate surface area is 349 Å². The Bertz CT molecular complexity index is 3290. The lowest BCUT2D eigenvalue weighted by Crippen LogP contribution is -2.10. The number of para-hydroxylation sites is 1. The van der Waals surface area contributed by atoms with Crippen molar-refractivity contribution in [3.8, 4) is 55.8 Å². The summed E-state index contributed by atoms with van der Waals surface area (Å²) in [4.78, 5) is 2.41. The zero-order valence-corrected chi connectivity index (χ0v) is 32.9. The van der Waals surface area contributed by atoms with Gasteiger partial charge in [0, 0.05) is 33.3 Å². The minimum Gasteiger partial charge on any atom is -0.455 e. The molecule has 0 atom stereocenters. The van der Waals surface area contributed by atoms with Gasteiger partial charge in [0.2, 0.25) is 0 Å². The fourth-order valence-corrected chi connectivity index (χ4v) is 8.82. The van der Waals surface area contributed by atoms with Gasteiger partial charge in [-0.2, -0.15) is 0 Å². The van der Waals surface area contributed by atoms with E-state index in [0.29, 0.717) is 0 Å². The second kappa shape index (κ2) is 15.1. The molecule has 60 heavy (non-hydrogen) atoms. The van der Waals surface area contributed by atoms with Crippen LogP contribution in [-0.4, -0.2) is 0 Å². The Morgan fingerprint density at radius 3 is 1.50 bits per heavy atom. The van der Waals surface area contributed by atoms with Crippen LogP contribution in [-0.2, 0) is 0 Å². The number of hydrogen-bond acceptors (Lipinski definition) is 2. The van der Waals surface area contributed by atoms with Crippen molar-refractivity contribution >= 4 is 49.6 Å². The van der Waals surface area contributed by atoms with Crippen LogP contribution < -0.4 is 4.90 Å². The van der Waals surface area contributed by atoms with Crippen molar-refractivity contribution < 1.29 is 4.42 Å². The van der Waals surface area contributed by atoms with Gasteiger partial charge in [-0.05, 0) is 97.6 Å². The molecule has 0 saturated carbocycles. The van der Waals surface area contributed by atoms with E-state index in [4.69, 9.17) is 4.42 Å². The average molecular weight is 766 g/mol. The Balaban J connectivity index is 1.02. The Morgan fingerprint density at radius 2 is 0.800 bits per heavy atom. The first-order valence-electron chi connectivity index (χ1n) is 20.5. The highest BCUT2D eigenvalue weighted by Crippen LogP contribution is 2.45. The first-order chi connectivity index (χ1) is 29.8. The van der Waals surface area contributed by atoms with E-state index >= 15 is 0 Å². The average Bonchev–Trinajstić information content (AvgIpc) is 3.73. The van der Waals surface area contributed by atoms with Crippen LogP contribution in [0, 0.1) is 0 Å². The van der Waals surface area contributed by atoms with Gasteiger partial charge in [-0.3, -0.25) is 0 Å². The molecule has 0 radical (unpaired) electrons. The maximum atomic E-state index is 6.60. The molecule has 0 aliphatic carbocycles. The van der Waals surface area contributed by atoms with Crippen LogP contribution in [0.1, 0.15) is 0 Å². The fraction of sp³-hybridized carbons (Fsp3) is 0. The lowest BCUT2D eigenvalue weighted by Gasteiger charge is -2.28. The molecule has 0 unspecified atom stereocenters. The van der Waals surface area contributed by atoms with Crippen LogP contribution >= 0.6 is 0 Å². The van der Waals surface area contributed by atoms with Gasteiger partial charge in [0.25, 0.3) is 0 Å². The van der Waals surface area contributed by atoms with Gasteiger partial charge in [-0.15, -0.1) is 0 Å². The quantitative estimate of drug-likeness (QED) is 0.143. The topological polar surface area (TPSA) is 16.4 Å². The summed E-state index contributed by atoms with van der Waals surface area (Å²) in [5, 5.41) is 6.01. The molecular weight excluding hydrogens is 727 g/mol. The second-order valence-electron chi connectivity index (χ2n) is 15.3. The summed E-state index contributed by atoms with van der Waals surface area (Å²) in [6, 6.07) is 84.7. The molecule has 1 aromatic heterocycles. The van der Waals surface area contributed by atoms with Crippen LogP contribution in [0.15, 0.2) is 241 Å². The molecule has 10 aromatic carbocycles. The van der Waals surface area contributed by atoms with Gasteiger partial charge in [0.1, 0.15) is 11.3 Å². The SMILES string of the molecule is c1ccc(-c2ccccc2-c2ccc(N(c3ccc(-c4cccc(-c5oc6ccccc6c5-c5ccccc5)c4)cc3)c3cc4ccccc4c4ccccc34)cc2)cc1. The molecule has 11 aromatic rings. The van der Waals surface area contributed by atoms with E-state index in [1.54, 1.807) is 0 Å². The van der Waals surface area contributed by atoms with Gasteiger partial charge >= 0.3 is 0 Å². The lowest BCUT2D eigenvalue weighted by atomic mass is 9.94. The van der Waals surface area contributed by atoms with Crippen molar-refractivity contribution in [2.24, 2.45) is 0 Å². The maximum Gasteiger partial charge on any atom is 0.143 e. The van der Waals surface area contributed by atoms with E-state index < -0.39 is 0 Å². The predicted molar refractivity (Wildman–Crippen MR) is 253 cm³/mol. The fourth-order valence-electron chi connectivity index (χ4n) is 8.82. The van der Waals surface area contributed by atoms with Gasteiger partial charge in [-0.25, -0.2) is 0 Å². The smallest absolute Gasteiger partial charge is 0.143 e. The highest BCUT2D eigenvalue weighted by Gasteiger charge is 2.20. The van der Waals surface area contributed by atoms with Crippen molar-refractivity contribution in [2.45, 2.75) is 0 Å². The lowest BCUT2D eigenvalue weighted by molar-refractivity contribution is 0.632. The van der Waals surface area contributed by atoms with E-state index in [1.165, 1.54) is 43.8 Å². The number of hydrogen-bond donors (Lipinski definition) is 0. The molecule has 2 heteroatoms. The molecule has 282 valence electrons. The van der Waals surface area contributed by atoms with Gasteiger partial charge in [-0.1, -0.05) is 194 Å². The molecule has 2 nitrogen and oxygen atoms in total. The normalized spacial score (nSPS) is 11.3. The van der Waals surface area contributed by atoms with E-state index in [9.17, 15) is 0 Å².